The Morgan fingerprint density at radius 1 is 1.12 bits per heavy atom. The zero-order valence-corrected chi connectivity index (χ0v) is 14.7. The van der Waals surface area contributed by atoms with Crippen LogP contribution in [0.5, 0.6) is 5.88 Å². The first kappa shape index (κ1) is 16.3. The molecule has 2 aromatic heterocycles. The van der Waals surface area contributed by atoms with Crippen LogP contribution in [0, 0.1) is 0 Å². The number of hydrogen-bond donors (Lipinski definition) is 0. The van der Waals surface area contributed by atoms with Crippen molar-refractivity contribution >= 4 is 5.82 Å². The number of anilines is 1. The normalized spacial score (nSPS) is 20.4. The summed E-state index contributed by atoms with van der Waals surface area (Å²) in [5.74, 6) is 2.30. The van der Waals surface area contributed by atoms with E-state index in [1.54, 1.807) is 13.4 Å². The van der Waals surface area contributed by atoms with Gasteiger partial charge in [-0.2, -0.15) is 4.98 Å². The molecule has 1 unspecified atom stereocenters. The Morgan fingerprint density at radius 3 is 2.52 bits per heavy atom. The third-order valence-corrected chi connectivity index (χ3v) is 5.22. The molecule has 0 radical (unpaired) electrons. The lowest BCUT2D eigenvalue weighted by Crippen LogP contribution is -2.47. The fourth-order valence-electron chi connectivity index (χ4n) is 3.68. The van der Waals surface area contributed by atoms with Crippen LogP contribution in [-0.2, 0) is 0 Å². The molecule has 134 valence electrons. The highest BCUT2D eigenvalue weighted by molar-refractivity contribution is 5.45. The Balaban J connectivity index is 1.44. The van der Waals surface area contributed by atoms with Crippen molar-refractivity contribution in [2.24, 2.45) is 0 Å². The van der Waals surface area contributed by atoms with Crippen molar-refractivity contribution in [3.63, 3.8) is 0 Å². The topological polar surface area (TPSA) is 80.4 Å². The molecular formula is C17H24N6O2. The Labute approximate surface area is 147 Å². The van der Waals surface area contributed by atoms with E-state index in [1.165, 1.54) is 19.2 Å². The van der Waals surface area contributed by atoms with Crippen molar-refractivity contribution in [1.29, 1.82) is 0 Å². The minimum absolute atomic E-state index is 0.164. The number of piperidine rings is 1. The molecule has 8 heteroatoms. The van der Waals surface area contributed by atoms with Crippen LogP contribution in [-0.4, -0.2) is 57.3 Å². The van der Waals surface area contributed by atoms with Crippen molar-refractivity contribution in [1.82, 2.24) is 25.0 Å². The molecule has 0 bridgehead atoms. The largest absolute Gasteiger partial charge is 0.481 e. The highest BCUT2D eigenvalue weighted by Gasteiger charge is 2.37. The Hall–Kier alpha value is -2.22. The zero-order valence-electron chi connectivity index (χ0n) is 14.7. The molecule has 1 aliphatic heterocycles. The van der Waals surface area contributed by atoms with E-state index in [1.807, 2.05) is 6.07 Å². The first-order valence-electron chi connectivity index (χ1n) is 8.91. The molecule has 0 N–H and O–H groups in total. The number of ether oxygens (including phenoxy) is 1. The summed E-state index contributed by atoms with van der Waals surface area (Å²) in [6, 6.07) is 3.21. The van der Waals surface area contributed by atoms with Crippen LogP contribution in [0.4, 0.5) is 5.82 Å². The molecule has 1 saturated carbocycles. The number of nitrogens with zero attached hydrogens (tertiary/aromatic N) is 6. The number of methoxy groups -OCH3 is 1. The molecule has 2 aliphatic rings. The molecule has 0 amide bonds. The smallest absolute Gasteiger partial charge is 0.243 e. The zero-order chi connectivity index (χ0) is 17.2. The van der Waals surface area contributed by atoms with Crippen molar-refractivity contribution in [3.05, 3.63) is 24.6 Å². The molecule has 0 spiro atoms. The van der Waals surface area contributed by atoms with E-state index in [9.17, 15) is 0 Å². The summed E-state index contributed by atoms with van der Waals surface area (Å²) in [4.78, 5) is 17.7. The van der Waals surface area contributed by atoms with Crippen LogP contribution in [0.2, 0.25) is 0 Å². The minimum atomic E-state index is 0.164. The second-order valence-corrected chi connectivity index (χ2v) is 6.78. The predicted octanol–water partition coefficient (Wildman–Crippen LogP) is 2.06. The van der Waals surface area contributed by atoms with E-state index in [0.29, 0.717) is 23.9 Å². The summed E-state index contributed by atoms with van der Waals surface area (Å²) >= 11 is 0. The lowest BCUT2D eigenvalue weighted by atomic mass is 10.0. The van der Waals surface area contributed by atoms with Gasteiger partial charge < -0.3 is 14.2 Å². The van der Waals surface area contributed by atoms with Gasteiger partial charge in [0.05, 0.1) is 13.2 Å². The maximum Gasteiger partial charge on any atom is 0.243 e. The first-order valence-corrected chi connectivity index (χ1v) is 8.91. The van der Waals surface area contributed by atoms with Crippen molar-refractivity contribution in [3.8, 4) is 5.88 Å². The minimum Gasteiger partial charge on any atom is -0.481 e. The van der Waals surface area contributed by atoms with Crippen LogP contribution in [0.3, 0.4) is 0 Å². The standard InChI is InChI=1S/C17H24N6O2/c1-12(17-20-11-21-25-17)22-7-5-14(6-8-22)23(13-3-4-13)15-9-16(24-2)19-10-18-15/h9-14H,3-8H2,1-2H3. The molecule has 1 atom stereocenters. The SMILES string of the molecule is COc1cc(N(C2CC2)C2CCN(C(C)c3ncno3)CC2)ncn1. The lowest BCUT2D eigenvalue weighted by molar-refractivity contribution is 0.134. The van der Waals surface area contributed by atoms with Crippen LogP contribution in [0.25, 0.3) is 0 Å². The highest BCUT2D eigenvalue weighted by Crippen LogP contribution is 2.36. The first-order chi connectivity index (χ1) is 12.3. The quantitative estimate of drug-likeness (QED) is 0.788. The van der Waals surface area contributed by atoms with Gasteiger partial charge in [-0.3, -0.25) is 4.90 Å². The van der Waals surface area contributed by atoms with Crippen LogP contribution in [0.15, 0.2) is 23.2 Å². The summed E-state index contributed by atoms with van der Waals surface area (Å²) < 4.78 is 10.5. The maximum absolute atomic E-state index is 5.27. The van der Waals surface area contributed by atoms with Gasteiger partial charge >= 0.3 is 0 Å². The van der Waals surface area contributed by atoms with Crippen molar-refractivity contribution in [2.75, 3.05) is 25.1 Å². The highest BCUT2D eigenvalue weighted by atomic mass is 16.5. The lowest BCUT2D eigenvalue weighted by Gasteiger charge is -2.40. The molecule has 4 rings (SSSR count). The molecule has 2 aromatic rings. The van der Waals surface area contributed by atoms with E-state index in [0.717, 1.165) is 31.7 Å². The Morgan fingerprint density at radius 2 is 1.88 bits per heavy atom. The fourth-order valence-corrected chi connectivity index (χ4v) is 3.68. The molecule has 1 aliphatic carbocycles. The molecule has 2 fully saturated rings. The van der Waals surface area contributed by atoms with E-state index in [4.69, 9.17) is 9.26 Å². The Bertz CT molecular complexity index is 682. The molecular weight excluding hydrogens is 320 g/mol. The Kier molecular flexibility index (Phi) is 4.52. The van der Waals surface area contributed by atoms with Gasteiger partial charge in [0, 0.05) is 31.2 Å². The van der Waals surface area contributed by atoms with E-state index < -0.39 is 0 Å². The number of hydrogen-bond acceptors (Lipinski definition) is 8. The van der Waals surface area contributed by atoms with Gasteiger partial charge in [0.2, 0.25) is 11.8 Å². The number of rotatable bonds is 6. The van der Waals surface area contributed by atoms with Gasteiger partial charge in [-0.15, -0.1) is 0 Å². The third kappa shape index (κ3) is 3.44. The van der Waals surface area contributed by atoms with Crippen LogP contribution in [0.1, 0.15) is 44.5 Å². The van der Waals surface area contributed by atoms with Gasteiger partial charge in [-0.1, -0.05) is 5.16 Å². The summed E-state index contributed by atoms with van der Waals surface area (Å²) in [6.45, 7) is 4.15. The van der Waals surface area contributed by atoms with Gasteiger partial charge in [0.15, 0.2) is 6.33 Å². The predicted molar refractivity (Wildman–Crippen MR) is 91.4 cm³/mol. The summed E-state index contributed by atoms with van der Waals surface area (Å²) in [7, 11) is 1.64. The average Bonchev–Trinajstić information content (AvgIpc) is 3.33. The second-order valence-electron chi connectivity index (χ2n) is 6.78. The van der Waals surface area contributed by atoms with Gasteiger partial charge in [-0.05, 0) is 32.6 Å². The van der Waals surface area contributed by atoms with Crippen LogP contribution >= 0.6 is 0 Å². The molecule has 0 aromatic carbocycles. The monoisotopic (exact) mass is 344 g/mol. The molecule has 1 saturated heterocycles. The number of aromatic nitrogens is 4. The molecule has 8 nitrogen and oxygen atoms in total. The third-order valence-electron chi connectivity index (χ3n) is 5.22. The number of likely N-dealkylation sites (tertiary alicyclic amines) is 1. The van der Waals surface area contributed by atoms with Gasteiger partial charge in [-0.25, -0.2) is 9.97 Å². The van der Waals surface area contributed by atoms with E-state index >= 15 is 0 Å². The maximum atomic E-state index is 5.27. The van der Waals surface area contributed by atoms with Gasteiger partial charge in [0.1, 0.15) is 12.1 Å². The molecule has 3 heterocycles. The summed E-state index contributed by atoms with van der Waals surface area (Å²) in [6.07, 6.45) is 7.74. The summed E-state index contributed by atoms with van der Waals surface area (Å²) in [5, 5.41) is 3.72. The molecule has 25 heavy (non-hydrogen) atoms. The van der Waals surface area contributed by atoms with Crippen molar-refractivity contribution < 1.29 is 9.26 Å². The van der Waals surface area contributed by atoms with E-state index in [-0.39, 0.29) is 6.04 Å². The van der Waals surface area contributed by atoms with Crippen molar-refractivity contribution in [2.45, 2.75) is 50.7 Å². The van der Waals surface area contributed by atoms with Gasteiger partial charge in [0.25, 0.3) is 0 Å². The summed E-state index contributed by atoms with van der Waals surface area (Å²) in [5.41, 5.74) is 0. The van der Waals surface area contributed by atoms with Crippen LogP contribution < -0.4 is 9.64 Å². The second kappa shape index (κ2) is 6.95. The fraction of sp³-hybridized carbons (Fsp3) is 0.647. The average molecular weight is 344 g/mol. The van der Waals surface area contributed by atoms with E-state index in [2.05, 4.69) is 36.8 Å².